The van der Waals surface area contributed by atoms with Gasteiger partial charge in [-0.2, -0.15) is 0 Å². The van der Waals surface area contributed by atoms with Gasteiger partial charge in [0.05, 0.1) is 6.04 Å². The molecule has 5 aliphatic rings. The minimum Gasteiger partial charge on any atom is -0.333 e. The zero-order valence-electron chi connectivity index (χ0n) is 30.6. The highest BCUT2D eigenvalue weighted by atomic mass is 15.2. The molecule has 0 amide bonds. The summed E-state index contributed by atoms with van der Waals surface area (Å²) >= 11 is 0. The lowest BCUT2D eigenvalue weighted by atomic mass is 9.78. The molecular formula is C51H44N2. The number of hydrogen-bond donors (Lipinski definition) is 0. The molecular weight excluding hydrogens is 641 g/mol. The summed E-state index contributed by atoms with van der Waals surface area (Å²) in [5.41, 5.74) is 19.9. The van der Waals surface area contributed by atoms with Crippen molar-refractivity contribution in [2.45, 2.75) is 57.4 Å². The highest BCUT2D eigenvalue weighted by Gasteiger charge is 2.38. The Hall–Kier alpha value is -5.86. The summed E-state index contributed by atoms with van der Waals surface area (Å²) < 4.78 is 0. The van der Waals surface area contributed by atoms with Crippen LogP contribution in [0.1, 0.15) is 73.8 Å². The molecule has 0 N–H and O–H groups in total. The highest BCUT2D eigenvalue weighted by molar-refractivity contribution is 5.99. The number of nitrogens with zero attached hydrogens (tertiary/aromatic N) is 2. The fourth-order valence-electron chi connectivity index (χ4n) is 9.46. The minimum atomic E-state index is 0.0135. The van der Waals surface area contributed by atoms with Gasteiger partial charge in [0.1, 0.15) is 0 Å². The number of benzene rings is 5. The van der Waals surface area contributed by atoms with E-state index < -0.39 is 0 Å². The quantitative estimate of drug-likeness (QED) is 0.176. The number of rotatable bonds is 6. The summed E-state index contributed by atoms with van der Waals surface area (Å²) in [6.45, 7) is 4.83. The van der Waals surface area contributed by atoms with Crippen LogP contribution in [0.4, 0.5) is 28.4 Å². The number of para-hydroxylation sites is 2. The highest BCUT2D eigenvalue weighted by Crippen LogP contribution is 2.52. The van der Waals surface area contributed by atoms with E-state index in [1.807, 2.05) is 0 Å². The largest absolute Gasteiger partial charge is 0.333 e. The van der Waals surface area contributed by atoms with E-state index in [2.05, 4.69) is 188 Å². The zero-order chi connectivity index (χ0) is 35.5. The summed E-state index contributed by atoms with van der Waals surface area (Å²) in [7, 11) is 0. The normalized spacial score (nSPS) is 19.2. The van der Waals surface area contributed by atoms with Crippen molar-refractivity contribution < 1.29 is 0 Å². The topological polar surface area (TPSA) is 6.48 Å². The van der Waals surface area contributed by atoms with Crippen molar-refractivity contribution in [2.24, 2.45) is 0 Å². The maximum Gasteiger partial charge on any atom is 0.0633 e. The second-order valence-electron chi connectivity index (χ2n) is 15.5. The lowest BCUT2D eigenvalue weighted by Crippen LogP contribution is -2.27. The Balaban J connectivity index is 1.01. The van der Waals surface area contributed by atoms with Gasteiger partial charge in [-0.15, -0.1) is 0 Å². The third kappa shape index (κ3) is 5.31. The molecule has 5 aromatic carbocycles. The van der Waals surface area contributed by atoms with Gasteiger partial charge in [-0.05, 0) is 137 Å². The van der Waals surface area contributed by atoms with Crippen LogP contribution in [-0.4, -0.2) is 6.04 Å². The van der Waals surface area contributed by atoms with Gasteiger partial charge in [-0.3, -0.25) is 0 Å². The van der Waals surface area contributed by atoms with Crippen molar-refractivity contribution in [2.75, 3.05) is 9.80 Å². The standard InChI is InChI=1S/C51H44N2/c1-51(2)47-19-11-9-17-43(47)44-31-30-42(34-48(44)51)52(40-26-21-36(22-27-40)35-13-5-3-6-14-35)41-28-23-37(24-29-41)38-25-32-50-46(33-38)45-18-10-12-20-49(45)53(50)39-15-7-4-8-16-39/h3-5,7-10,12-13,15-18,20-31,33-34,50H,6,11,14,19,32H2,1-2H3. The number of allylic oxidation sites excluding steroid dienone is 10. The van der Waals surface area contributed by atoms with Crippen molar-refractivity contribution in [3.8, 4) is 0 Å². The predicted molar refractivity (Wildman–Crippen MR) is 225 cm³/mol. The molecule has 5 aromatic rings. The molecule has 0 fully saturated rings. The molecule has 1 heterocycles. The number of anilines is 5. The Morgan fingerprint density at radius 2 is 1.40 bits per heavy atom. The molecule has 0 bridgehead atoms. The molecule has 2 heteroatoms. The fraction of sp³-hybridized carbons (Fsp3) is 0.176. The minimum absolute atomic E-state index is 0.0135. The van der Waals surface area contributed by atoms with Crippen LogP contribution < -0.4 is 9.80 Å². The van der Waals surface area contributed by atoms with Crippen LogP contribution in [0.15, 0.2) is 169 Å². The molecule has 53 heavy (non-hydrogen) atoms. The molecule has 258 valence electrons. The molecule has 0 spiro atoms. The summed E-state index contributed by atoms with van der Waals surface area (Å²) in [6, 6.07) is 45.6. The molecule has 2 nitrogen and oxygen atoms in total. The van der Waals surface area contributed by atoms with E-state index in [-0.39, 0.29) is 5.41 Å². The van der Waals surface area contributed by atoms with Gasteiger partial charge >= 0.3 is 0 Å². The monoisotopic (exact) mass is 684 g/mol. The van der Waals surface area contributed by atoms with Crippen molar-refractivity contribution in [1.29, 1.82) is 0 Å². The second-order valence-corrected chi connectivity index (χ2v) is 15.5. The van der Waals surface area contributed by atoms with E-state index in [4.69, 9.17) is 0 Å². The van der Waals surface area contributed by atoms with Crippen LogP contribution in [0.5, 0.6) is 0 Å². The Morgan fingerprint density at radius 3 is 2.17 bits per heavy atom. The lowest BCUT2D eigenvalue weighted by Gasteiger charge is -2.30. The van der Waals surface area contributed by atoms with Gasteiger partial charge in [0.2, 0.25) is 0 Å². The van der Waals surface area contributed by atoms with Crippen molar-refractivity contribution in [3.63, 3.8) is 0 Å². The van der Waals surface area contributed by atoms with Gasteiger partial charge in [0.25, 0.3) is 0 Å². The molecule has 0 radical (unpaired) electrons. The van der Waals surface area contributed by atoms with E-state index in [0.29, 0.717) is 6.04 Å². The summed E-state index contributed by atoms with van der Waals surface area (Å²) in [4.78, 5) is 4.96. The fourth-order valence-corrected chi connectivity index (χ4v) is 9.46. The van der Waals surface area contributed by atoms with Gasteiger partial charge in [0.15, 0.2) is 0 Å². The molecule has 0 aromatic heterocycles. The first-order valence-corrected chi connectivity index (χ1v) is 19.3. The van der Waals surface area contributed by atoms with Crippen LogP contribution in [0.25, 0.3) is 22.3 Å². The van der Waals surface area contributed by atoms with Crippen molar-refractivity contribution in [1.82, 2.24) is 0 Å². The second kappa shape index (κ2) is 12.7. The average molecular weight is 685 g/mol. The van der Waals surface area contributed by atoms with E-state index >= 15 is 0 Å². The van der Waals surface area contributed by atoms with E-state index in [1.54, 1.807) is 5.57 Å². The zero-order valence-corrected chi connectivity index (χ0v) is 30.6. The Kier molecular flexibility index (Phi) is 7.61. The van der Waals surface area contributed by atoms with Gasteiger partial charge in [-0.1, -0.05) is 123 Å². The smallest absolute Gasteiger partial charge is 0.0633 e. The van der Waals surface area contributed by atoms with Crippen molar-refractivity contribution in [3.05, 3.63) is 197 Å². The van der Waals surface area contributed by atoms with E-state index in [1.165, 1.54) is 72.9 Å². The molecule has 10 rings (SSSR count). The summed E-state index contributed by atoms with van der Waals surface area (Å²) in [6.07, 6.45) is 21.7. The van der Waals surface area contributed by atoms with E-state index in [9.17, 15) is 0 Å². The molecule has 0 saturated heterocycles. The Bertz CT molecular complexity index is 2430. The molecule has 4 aliphatic carbocycles. The first kappa shape index (κ1) is 31.8. The van der Waals surface area contributed by atoms with Crippen LogP contribution >= 0.6 is 0 Å². The summed E-state index contributed by atoms with van der Waals surface area (Å²) in [5, 5.41) is 0. The SMILES string of the molecule is CC1(C)C2=C(C=CCC2)c2ccc(N(c3ccc(C4=CCC5C(=C4)c4ccccc4N5c4ccccc4)cc3)c3ccc(C4=CC=CCC4)cc3)cc21. The van der Waals surface area contributed by atoms with E-state index in [0.717, 1.165) is 37.8 Å². The Labute approximate surface area is 314 Å². The Morgan fingerprint density at radius 1 is 0.679 bits per heavy atom. The predicted octanol–water partition coefficient (Wildman–Crippen LogP) is 13.7. The average Bonchev–Trinajstić information content (AvgIpc) is 3.67. The van der Waals surface area contributed by atoms with Crippen LogP contribution in [0.3, 0.4) is 0 Å². The third-order valence-corrected chi connectivity index (χ3v) is 12.2. The van der Waals surface area contributed by atoms with Crippen LogP contribution in [0.2, 0.25) is 0 Å². The molecule has 0 saturated carbocycles. The summed E-state index contributed by atoms with van der Waals surface area (Å²) in [5.74, 6) is 0. The van der Waals surface area contributed by atoms with Crippen LogP contribution in [0, 0.1) is 0 Å². The van der Waals surface area contributed by atoms with Crippen molar-refractivity contribution >= 4 is 50.7 Å². The molecule has 1 unspecified atom stereocenters. The third-order valence-electron chi connectivity index (χ3n) is 12.2. The van der Waals surface area contributed by atoms with Crippen LogP contribution in [-0.2, 0) is 5.41 Å². The van der Waals surface area contributed by atoms with Gasteiger partial charge in [-0.25, -0.2) is 0 Å². The first-order chi connectivity index (χ1) is 26.0. The molecule has 1 aliphatic heterocycles. The number of fused-ring (bicyclic) bond motifs is 5. The van der Waals surface area contributed by atoms with Gasteiger partial charge in [0, 0.05) is 39.4 Å². The maximum absolute atomic E-state index is 2.52. The maximum atomic E-state index is 2.52. The first-order valence-electron chi connectivity index (χ1n) is 19.3. The number of hydrogen-bond acceptors (Lipinski definition) is 2. The lowest BCUT2D eigenvalue weighted by molar-refractivity contribution is 0.607. The molecule has 1 atom stereocenters. The van der Waals surface area contributed by atoms with Gasteiger partial charge < -0.3 is 9.80 Å².